The maximum Gasteiger partial charge on any atom is 0.434 e. The summed E-state index contributed by atoms with van der Waals surface area (Å²) in [5.74, 6) is 0.0749. The molecule has 0 aliphatic carbocycles. The van der Waals surface area contributed by atoms with Crippen molar-refractivity contribution in [2.75, 3.05) is 5.73 Å². The molecular formula is C18H15F3N6S. The van der Waals surface area contributed by atoms with Crippen molar-refractivity contribution in [3.8, 4) is 10.8 Å². The third kappa shape index (κ3) is 4.71. The van der Waals surface area contributed by atoms with Gasteiger partial charge in [0.2, 0.25) is 0 Å². The summed E-state index contributed by atoms with van der Waals surface area (Å²) in [6.07, 6.45) is -1.71. The zero-order valence-corrected chi connectivity index (χ0v) is 15.2. The van der Waals surface area contributed by atoms with E-state index in [1.807, 2.05) is 30.3 Å². The van der Waals surface area contributed by atoms with Crippen molar-refractivity contribution in [2.45, 2.75) is 12.7 Å². The minimum Gasteiger partial charge on any atom is -0.404 e. The number of aliphatic imine (C=N–C) groups is 1. The van der Waals surface area contributed by atoms with Crippen LogP contribution in [0.15, 0.2) is 53.0 Å². The number of alkyl halides is 3. The maximum atomic E-state index is 12.8. The standard InChI is InChI=1S/C18H15F3N6S/c19-18(20,21)14-10-28-17(26-14)16-25-13(6-15(23)27-16)12(7-22)9-24-8-11-4-2-1-3-5-11/h1-7,9-10H,8,22H2,(H2,23,25,27). The Hall–Kier alpha value is -3.27. The summed E-state index contributed by atoms with van der Waals surface area (Å²) in [5.41, 5.74) is 12.3. The average molecular weight is 404 g/mol. The lowest BCUT2D eigenvalue weighted by Crippen LogP contribution is -2.06. The molecule has 6 nitrogen and oxygen atoms in total. The zero-order valence-electron chi connectivity index (χ0n) is 14.4. The normalized spacial score (nSPS) is 12.6. The van der Waals surface area contributed by atoms with Crippen molar-refractivity contribution in [3.05, 3.63) is 64.9 Å². The molecule has 1 aromatic carbocycles. The summed E-state index contributed by atoms with van der Waals surface area (Å²) in [5, 5.41) is 0.918. The molecule has 0 unspecified atom stereocenters. The molecule has 0 spiro atoms. The van der Waals surface area contributed by atoms with Crippen molar-refractivity contribution in [2.24, 2.45) is 10.7 Å². The Kier molecular flexibility index (Phi) is 5.69. The monoisotopic (exact) mass is 404 g/mol. The van der Waals surface area contributed by atoms with E-state index in [9.17, 15) is 13.2 Å². The van der Waals surface area contributed by atoms with Crippen LogP contribution in [0.3, 0.4) is 0 Å². The number of anilines is 1. The molecule has 0 saturated carbocycles. The second-order valence-corrected chi connectivity index (χ2v) is 6.47. The summed E-state index contributed by atoms with van der Waals surface area (Å²) in [4.78, 5) is 16.1. The Morgan fingerprint density at radius 3 is 2.54 bits per heavy atom. The number of nitrogens with zero attached hydrogens (tertiary/aromatic N) is 4. The van der Waals surface area contributed by atoms with Crippen LogP contribution in [0.25, 0.3) is 16.4 Å². The SMILES string of the molecule is NC=C(C=NCc1ccccc1)c1cc(N)nc(-c2nc(C(F)(F)F)cs2)n1. The Balaban J connectivity index is 1.86. The Bertz CT molecular complexity index is 1010. The van der Waals surface area contributed by atoms with Crippen LogP contribution in [0.1, 0.15) is 17.0 Å². The molecule has 144 valence electrons. The van der Waals surface area contributed by atoms with Gasteiger partial charge >= 0.3 is 6.18 Å². The van der Waals surface area contributed by atoms with E-state index >= 15 is 0 Å². The number of aromatic nitrogens is 3. The smallest absolute Gasteiger partial charge is 0.404 e. The lowest BCUT2D eigenvalue weighted by molar-refractivity contribution is -0.140. The van der Waals surface area contributed by atoms with Crippen LogP contribution < -0.4 is 11.5 Å². The highest BCUT2D eigenvalue weighted by atomic mass is 32.1. The molecule has 0 amide bonds. The molecule has 0 saturated heterocycles. The van der Waals surface area contributed by atoms with Gasteiger partial charge in [0.05, 0.1) is 12.2 Å². The number of benzene rings is 1. The van der Waals surface area contributed by atoms with Crippen molar-refractivity contribution in [1.82, 2.24) is 15.0 Å². The van der Waals surface area contributed by atoms with Crippen LogP contribution in [0, 0.1) is 0 Å². The van der Waals surface area contributed by atoms with E-state index in [1.54, 1.807) is 0 Å². The molecule has 3 aromatic rings. The zero-order chi connectivity index (χ0) is 20.1. The maximum absolute atomic E-state index is 12.8. The van der Waals surface area contributed by atoms with Gasteiger partial charge in [-0.05, 0) is 5.56 Å². The molecular weight excluding hydrogens is 389 g/mol. The molecule has 0 atom stereocenters. The van der Waals surface area contributed by atoms with E-state index in [2.05, 4.69) is 19.9 Å². The van der Waals surface area contributed by atoms with Gasteiger partial charge in [-0.25, -0.2) is 15.0 Å². The quantitative estimate of drug-likeness (QED) is 0.630. The number of nitrogens with two attached hydrogens (primary N) is 2. The highest BCUT2D eigenvalue weighted by Gasteiger charge is 2.34. The van der Waals surface area contributed by atoms with Gasteiger partial charge in [0.1, 0.15) is 5.82 Å². The van der Waals surface area contributed by atoms with Gasteiger partial charge in [0.15, 0.2) is 16.5 Å². The molecule has 28 heavy (non-hydrogen) atoms. The first-order valence-corrected chi connectivity index (χ1v) is 8.88. The summed E-state index contributed by atoms with van der Waals surface area (Å²) >= 11 is 0.785. The van der Waals surface area contributed by atoms with Crippen molar-refractivity contribution >= 4 is 28.9 Å². The van der Waals surface area contributed by atoms with E-state index in [4.69, 9.17) is 11.5 Å². The fourth-order valence-electron chi connectivity index (χ4n) is 2.24. The van der Waals surface area contributed by atoms with E-state index < -0.39 is 11.9 Å². The molecule has 2 heterocycles. The van der Waals surface area contributed by atoms with E-state index in [1.165, 1.54) is 18.5 Å². The van der Waals surface area contributed by atoms with Crippen LogP contribution in [0.2, 0.25) is 0 Å². The van der Waals surface area contributed by atoms with E-state index in [0.717, 1.165) is 22.3 Å². The van der Waals surface area contributed by atoms with Gasteiger partial charge in [-0.1, -0.05) is 30.3 Å². The van der Waals surface area contributed by atoms with Gasteiger partial charge in [0, 0.05) is 29.4 Å². The Morgan fingerprint density at radius 1 is 1.14 bits per heavy atom. The molecule has 0 aliphatic heterocycles. The van der Waals surface area contributed by atoms with Crippen molar-refractivity contribution in [1.29, 1.82) is 0 Å². The molecule has 0 radical (unpaired) electrons. The fraction of sp³-hybridized carbons (Fsp3) is 0.111. The number of hydrogen-bond donors (Lipinski definition) is 2. The van der Waals surface area contributed by atoms with Crippen LogP contribution in [-0.2, 0) is 12.7 Å². The lowest BCUT2D eigenvalue weighted by Gasteiger charge is -2.05. The molecule has 0 bridgehead atoms. The molecule has 3 rings (SSSR count). The van der Waals surface area contributed by atoms with Crippen molar-refractivity contribution < 1.29 is 13.2 Å². The highest BCUT2D eigenvalue weighted by molar-refractivity contribution is 7.13. The van der Waals surface area contributed by atoms with Crippen LogP contribution >= 0.6 is 11.3 Å². The minimum absolute atomic E-state index is 0.00805. The fourth-order valence-corrected chi connectivity index (χ4v) is 3.00. The number of rotatable bonds is 5. The highest BCUT2D eigenvalue weighted by Crippen LogP contribution is 2.33. The number of halogens is 3. The van der Waals surface area contributed by atoms with E-state index in [0.29, 0.717) is 17.8 Å². The minimum atomic E-state index is -4.54. The molecule has 0 aliphatic rings. The van der Waals surface area contributed by atoms with Gasteiger partial charge in [-0.2, -0.15) is 13.2 Å². The topological polar surface area (TPSA) is 103 Å². The van der Waals surface area contributed by atoms with Crippen molar-refractivity contribution in [3.63, 3.8) is 0 Å². The summed E-state index contributed by atoms with van der Waals surface area (Å²) in [6.45, 7) is 0.438. The molecule has 4 N–H and O–H groups in total. The second-order valence-electron chi connectivity index (χ2n) is 5.61. The summed E-state index contributed by atoms with van der Waals surface area (Å²) in [6, 6.07) is 11.1. The predicted octanol–water partition coefficient (Wildman–Crippen LogP) is 3.77. The van der Waals surface area contributed by atoms with Gasteiger partial charge in [0.25, 0.3) is 0 Å². The van der Waals surface area contributed by atoms with Crippen LogP contribution in [0.5, 0.6) is 0 Å². The first kappa shape index (κ1) is 19.5. The predicted molar refractivity (Wildman–Crippen MR) is 103 cm³/mol. The number of allylic oxidation sites excluding steroid dienone is 1. The number of nitrogen functional groups attached to an aromatic ring is 1. The number of hydrogen-bond acceptors (Lipinski definition) is 7. The third-order valence-corrected chi connectivity index (χ3v) is 4.39. The third-order valence-electron chi connectivity index (χ3n) is 3.55. The lowest BCUT2D eigenvalue weighted by atomic mass is 10.2. The largest absolute Gasteiger partial charge is 0.434 e. The molecule has 10 heteroatoms. The van der Waals surface area contributed by atoms with Crippen LogP contribution in [-0.4, -0.2) is 21.2 Å². The first-order chi connectivity index (χ1) is 13.4. The van der Waals surface area contributed by atoms with E-state index in [-0.39, 0.29) is 16.6 Å². The van der Waals surface area contributed by atoms with Gasteiger partial charge < -0.3 is 11.5 Å². The molecule has 2 aromatic heterocycles. The molecule has 0 fully saturated rings. The Morgan fingerprint density at radius 2 is 1.89 bits per heavy atom. The summed E-state index contributed by atoms with van der Waals surface area (Å²) in [7, 11) is 0. The van der Waals surface area contributed by atoms with Gasteiger partial charge in [-0.3, -0.25) is 4.99 Å². The Labute approximate surface area is 162 Å². The second kappa shape index (κ2) is 8.17. The average Bonchev–Trinajstić information content (AvgIpc) is 3.16. The number of thiazole rings is 1. The van der Waals surface area contributed by atoms with Gasteiger partial charge in [-0.15, -0.1) is 11.3 Å². The van der Waals surface area contributed by atoms with Crippen LogP contribution in [0.4, 0.5) is 19.0 Å². The first-order valence-electron chi connectivity index (χ1n) is 8.00. The summed E-state index contributed by atoms with van der Waals surface area (Å²) < 4.78 is 38.3.